The Balaban J connectivity index is 1.85. The van der Waals surface area contributed by atoms with Crippen molar-refractivity contribution >= 4 is 73.9 Å². The van der Waals surface area contributed by atoms with Gasteiger partial charge in [0.1, 0.15) is 12.6 Å². The Morgan fingerprint density at radius 1 is 0.830 bits per heavy atom. The first-order valence-electron chi connectivity index (χ1n) is 15.0. The van der Waals surface area contributed by atoms with Gasteiger partial charge in [-0.1, -0.05) is 114 Å². The lowest BCUT2D eigenvalue weighted by Crippen LogP contribution is -2.53. The van der Waals surface area contributed by atoms with Crippen molar-refractivity contribution in [3.05, 3.63) is 128 Å². The number of hydrogen-bond acceptors (Lipinski definition) is 4. The molecule has 7 nitrogen and oxygen atoms in total. The highest BCUT2D eigenvalue weighted by Crippen LogP contribution is 2.34. The molecule has 47 heavy (non-hydrogen) atoms. The molecule has 0 spiro atoms. The van der Waals surface area contributed by atoms with Crippen LogP contribution in [0.4, 0.5) is 5.69 Å². The maximum absolute atomic E-state index is 14.6. The molecule has 2 amide bonds. The Morgan fingerprint density at radius 3 is 2.13 bits per heavy atom. The van der Waals surface area contributed by atoms with E-state index in [2.05, 4.69) is 5.32 Å². The second-order valence-corrected chi connectivity index (χ2v) is 14.5. The summed E-state index contributed by atoms with van der Waals surface area (Å²) < 4.78 is 29.4. The fourth-order valence-corrected chi connectivity index (χ4v) is 7.32. The van der Waals surface area contributed by atoms with Gasteiger partial charge in [0.2, 0.25) is 11.8 Å². The summed E-state index contributed by atoms with van der Waals surface area (Å²) in [5, 5.41) is 3.82. The number of hydrogen-bond donors (Lipinski definition) is 1. The number of carbonyl (C=O) groups excluding carboxylic acids is 2. The zero-order valence-electron chi connectivity index (χ0n) is 25.9. The maximum Gasteiger partial charge on any atom is 0.264 e. The molecule has 12 heteroatoms. The molecule has 0 unspecified atom stereocenters. The minimum absolute atomic E-state index is 0.0100. The second kappa shape index (κ2) is 16.7. The Hall–Kier alpha value is -3.27. The van der Waals surface area contributed by atoms with E-state index in [0.29, 0.717) is 22.2 Å². The van der Waals surface area contributed by atoms with Gasteiger partial charge in [-0.25, -0.2) is 8.42 Å². The van der Waals surface area contributed by atoms with E-state index in [0.717, 1.165) is 28.3 Å². The smallest absolute Gasteiger partial charge is 0.264 e. The van der Waals surface area contributed by atoms with Crippen molar-refractivity contribution in [3.63, 3.8) is 0 Å². The van der Waals surface area contributed by atoms with Gasteiger partial charge in [-0.3, -0.25) is 13.9 Å². The lowest BCUT2D eigenvalue weighted by atomic mass is 10.0. The van der Waals surface area contributed by atoms with Crippen LogP contribution in [0.1, 0.15) is 36.5 Å². The predicted molar refractivity (Wildman–Crippen MR) is 191 cm³/mol. The van der Waals surface area contributed by atoms with Crippen LogP contribution in [0.2, 0.25) is 20.1 Å². The number of nitrogens with one attached hydrogen (secondary N) is 1. The molecule has 1 N–H and O–H groups in total. The van der Waals surface area contributed by atoms with Crippen molar-refractivity contribution in [2.24, 2.45) is 0 Å². The molecule has 4 aromatic carbocycles. The second-order valence-electron chi connectivity index (χ2n) is 11.0. The lowest BCUT2D eigenvalue weighted by molar-refractivity contribution is -0.140. The molecule has 0 aliphatic heterocycles. The van der Waals surface area contributed by atoms with E-state index in [-0.39, 0.29) is 33.6 Å². The summed E-state index contributed by atoms with van der Waals surface area (Å²) in [6.45, 7) is 3.37. The van der Waals surface area contributed by atoms with Crippen LogP contribution in [0, 0.1) is 6.92 Å². The highest BCUT2D eigenvalue weighted by atomic mass is 35.5. The average Bonchev–Trinajstić information content (AvgIpc) is 3.04. The monoisotopic (exact) mass is 733 g/mol. The molecule has 0 radical (unpaired) electrons. The topological polar surface area (TPSA) is 86.8 Å². The van der Waals surface area contributed by atoms with Gasteiger partial charge >= 0.3 is 0 Å². The number of rotatable bonds is 14. The summed E-state index contributed by atoms with van der Waals surface area (Å²) in [5.41, 5.74) is 2.08. The summed E-state index contributed by atoms with van der Waals surface area (Å²) >= 11 is 26.0. The number of carbonyl (C=O) groups is 2. The van der Waals surface area contributed by atoms with Crippen LogP contribution >= 0.6 is 46.4 Å². The summed E-state index contributed by atoms with van der Waals surface area (Å²) in [5.74, 6) is -1.08. The van der Waals surface area contributed by atoms with E-state index >= 15 is 0 Å². The third kappa shape index (κ3) is 9.42. The zero-order chi connectivity index (χ0) is 34.1. The van der Waals surface area contributed by atoms with E-state index in [4.69, 9.17) is 46.4 Å². The number of unbranched alkanes of at least 4 members (excludes halogenated alkanes) is 1. The Morgan fingerprint density at radius 2 is 1.49 bits per heavy atom. The molecule has 0 heterocycles. The van der Waals surface area contributed by atoms with Gasteiger partial charge < -0.3 is 10.2 Å². The van der Waals surface area contributed by atoms with E-state index < -0.39 is 34.4 Å². The van der Waals surface area contributed by atoms with E-state index in [9.17, 15) is 18.0 Å². The molecular weight excluding hydrogens is 700 g/mol. The molecule has 0 fully saturated rings. The minimum atomic E-state index is -4.36. The molecule has 4 rings (SSSR count). The first-order chi connectivity index (χ1) is 22.4. The first kappa shape index (κ1) is 36.6. The van der Waals surface area contributed by atoms with Gasteiger partial charge in [0, 0.05) is 40.1 Å². The highest BCUT2D eigenvalue weighted by molar-refractivity contribution is 7.92. The molecule has 4 aromatic rings. The fraction of sp³-hybridized carbons (Fsp3) is 0.257. The summed E-state index contributed by atoms with van der Waals surface area (Å²) in [4.78, 5) is 29.8. The average molecular weight is 736 g/mol. The summed E-state index contributed by atoms with van der Waals surface area (Å²) in [6.07, 6.45) is 1.74. The van der Waals surface area contributed by atoms with Crippen LogP contribution in [-0.2, 0) is 32.6 Å². The van der Waals surface area contributed by atoms with E-state index in [1.54, 1.807) is 30.3 Å². The van der Waals surface area contributed by atoms with E-state index in [1.165, 1.54) is 35.2 Å². The van der Waals surface area contributed by atoms with Gasteiger partial charge in [-0.15, -0.1) is 0 Å². The van der Waals surface area contributed by atoms with Gasteiger partial charge in [-0.2, -0.15) is 0 Å². The van der Waals surface area contributed by atoms with Crippen molar-refractivity contribution < 1.29 is 18.0 Å². The number of benzene rings is 4. The maximum atomic E-state index is 14.6. The van der Waals surface area contributed by atoms with Gasteiger partial charge in [0.15, 0.2) is 0 Å². The van der Waals surface area contributed by atoms with E-state index in [1.807, 2.05) is 44.2 Å². The van der Waals surface area contributed by atoms with Crippen LogP contribution in [0.3, 0.4) is 0 Å². The van der Waals surface area contributed by atoms with Crippen LogP contribution in [0.25, 0.3) is 0 Å². The quantitative estimate of drug-likeness (QED) is 0.132. The lowest BCUT2D eigenvalue weighted by Gasteiger charge is -2.34. The Bertz CT molecular complexity index is 1790. The third-order valence-corrected chi connectivity index (χ3v) is 10.6. The summed E-state index contributed by atoms with van der Waals surface area (Å²) in [6, 6.07) is 23.8. The van der Waals surface area contributed by atoms with Crippen molar-refractivity contribution in [1.29, 1.82) is 0 Å². The predicted octanol–water partition coefficient (Wildman–Crippen LogP) is 8.36. The number of aryl methyl sites for hydroxylation is 1. The van der Waals surface area contributed by atoms with Gasteiger partial charge in [0.05, 0.1) is 15.6 Å². The van der Waals surface area contributed by atoms with Crippen molar-refractivity contribution in [1.82, 2.24) is 10.2 Å². The number of anilines is 1. The fourth-order valence-electron chi connectivity index (χ4n) is 4.94. The molecule has 0 saturated heterocycles. The number of halogens is 4. The number of nitrogens with zero attached hydrogens (tertiary/aromatic N) is 2. The van der Waals surface area contributed by atoms with Crippen molar-refractivity contribution in [3.8, 4) is 0 Å². The van der Waals surface area contributed by atoms with Crippen molar-refractivity contribution in [2.75, 3.05) is 17.4 Å². The van der Waals surface area contributed by atoms with Gasteiger partial charge in [0.25, 0.3) is 10.0 Å². The SMILES string of the molecule is CCCCNC(=O)[C@H](Cc1ccccc1)N(Cc1c(Cl)cccc1Cl)C(=O)CN(c1cc(Cl)ccc1Cl)S(=O)(=O)c1ccc(C)cc1. The van der Waals surface area contributed by atoms with Crippen molar-refractivity contribution in [2.45, 2.75) is 50.6 Å². The van der Waals surface area contributed by atoms with Crippen LogP contribution in [0.5, 0.6) is 0 Å². The summed E-state index contributed by atoms with van der Waals surface area (Å²) in [7, 11) is -4.36. The highest BCUT2D eigenvalue weighted by Gasteiger charge is 2.36. The zero-order valence-corrected chi connectivity index (χ0v) is 29.8. The normalized spacial score (nSPS) is 12.0. The van der Waals surface area contributed by atoms with Gasteiger partial charge in [-0.05, 0) is 61.4 Å². The molecule has 248 valence electrons. The number of amides is 2. The standard InChI is InChI=1S/C35H35Cl4N3O4S/c1-3-4-19-40-35(44)33(20-25-9-6-5-7-10-25)41(22-28-29(37)11-8-12-30(28)38)34(43)23-42(32-21-26(36)15-18-31(32)39)47(45,46)27-16-13-24(2)14-17-27/h5-18,21,33H,3-4,19-20,22-23H2,1-2H3,(H,40,44)/t33-/m0/s1. The molecule has 1 atom stereocenters. The molecule has 0 aromatic heterocycles. The largest absolute Gasteiger partial charge is 0.354 e. The first-order valence-corrected chi connectivity index (χ1v) is 18.0. The van der Waals surface area contributed by atoms with Crippen LogP contribution in [0.15, 0.2) is 95.9 Å². The molecular formula is C35H35Cl4N3O4S. The molecule has 0 aliphatic rings. The Kier molecular flexibility index (Phi) is 13.0. The number of sulfonamides is 1. The Labute approximate surface area is 296 Å². The van der Waals surface area contributed by atoms with Crippen LogP contribution in [-0.4, -0.2) is 44.3 Å². The minimum Gasteiger partial charge on any atom is -0.354 e. The molecule has 0 bridgehead atoms. The van der Waals surface area contributed by atoms with Crippen LogP contribution < -0.4 is 9.62 Å². The molecule has 0 aliphatic carbocycles. The third-order valence-electron chi connectivity index (χ3n) is 7.56. The molecule has 0 saturated carbocycles.